The van der Waals surface area contributed by atoms with Crippen LogP contribution in [0.2, 0.25) is 0 Å². The number of nitrogens with zero attached hydrogens (tertiary/aromatic N) is 1. The minimum Gasteiger partial charge on any atom is -0.389 e. The molecule has 0 aromatic carbocycles. The average Bonchev–Trinajstić information content (AvgIpc) is 2.90. The average molecular weight is 317 g/mol. The topological polar surface area (TPSA) is 50.9 Å². The fourth-order valence-electron chi connectivity index (χ4n) is 2.64. The second kappa shape index (κ2) is 6.60. The maximum absolute atomic E-state index is 12.7. The van der Waals surface area contributed by atoms with E-state index < -0.39 is 11.9 Å². The number of nitrogens with one attached hydrogen (secondary N) is 1. The summed E-state index contributed by atoms with van der Waals surface area (Å²) in [4.78, 5) is 3.67. The van der Waals surface area contributed by atoms with Crippen LogP contribution >= 0.6 is 12.2 Å². The molecule has 0 aliphatic heterocycles. The van der Waals surface area contributed by atoms with Gasteiger partial charge in [-0.15, -0.1) is 0 Å². The number of thiocarbonyl (C=S) groups is 1. The molecule has 0 amide bonds. The molecule has 0 atom stereocenters. The molecule has 1 fully saturated rings. The van der Waals surface area contributed by atoms with Crippen molar-refractivity contribution < 1.29 is 13.2 Å². The fraction of sp³-hybridized carbons (Fsp3) is 0.571. The Morgan fingerprint density at radius 3 is 2.57 bits per heavy atom. The van der Waals surface area contributed by atoms with Crippen molar-refractivity contribution in [3.8, 4) is 0 Å². The zero-order chi connectivity index (χ0) is 15.5. The highest BCUT2D eigenvalue weighted by molar-refractivity contribution is 7.80. The number of aromatic nitrogens is 1. The largest absolute Gasteiger partial charge is 0.433 e. The molecule has 3 N–H and O–H groups in total. The van der Waals surface area contributed by atoms with Crippen LogP contribution in [0.3, 0.4) is 0 Å². The fourth-order valence-corrected chi connectivity index (χ4v) is 2.81. The Bertz CT molecular complexity index is 511. The lowest BCUT2D eigenvalue weighted by atomic mass is 10.0. The molecule has 0 spiro atoms. The van der Waals surface area contributed by atoms with Crippen LogP contribution in [0, 0.1) is 5.92 Å². The van der Waals surface area contributed by atoms with Crippen LogP contribution in [0.4, 0.5) is 19.0 Å². The molecular weight excluding hydrogens is 299 g/mol. The van der Waals surface area contributed by atoms with E-state index in [-0.39, 0.29) is 10.8 Å². The van der Waals surface area contributed by atoms with Gasteiger partial charge >= 0.3 is 6.18 Å². The molecule has 0 saturated heterocycles. The van der Waals surface area contributed by atoms with E-state index in [9.17, 15) is 13.2 Å². The Morgan fingerprint density at radius 1 is 1.33 bits per heavy atom. The first-order valence-electron chi connectivity index (χ1n) is 7.00. The van der Waals surface area contributed by atoms with E-state index >= 15 is 0 Å². The summed E-state index contributed by atoms with van der Waals surface area (Å²) in [5.41, 5.74) is 4.95. The smallest absolute Gasteiger partial charge is 0.389 e. The Kier molecular flexibility index (Phi) is 5.03. The van der Waals surface area contributed by atoms with Crippen LogP contribution in [0.25, 0.3) is 0 Å². The van der Waals surface area contributed by atoms with Crippen molar-refractivity contribution in [1.82, 2.24) is 4.98 Å². The van der Waals surface area contributed by atoms with Gasteiger partial charge in [0.1, 0.15) is 16.5 Å². The summed E-state index contributed by atoms with van der Waals surface area (Å²) in [5.74, 6) is 0.770. The third-order valence-electron chi connectivity index (χ3n) is 3.77. The van der Waals surface area contributed by atoms with Gasteiger partial charge in [0.2, 0.25) is 0 Å². The Labute approximate surface area is 127 Å². The summed E-state index contributed by atoms with van der Waals surface area (Å²) in [6.45, 7) is 0.578. The zero-order valence-corrected chi connectivity index (χ0v) is 12.4. The van der Waals surface area contributed by atoms with Gasteiger partial charge in [-0.25, -0.2) is 4.98 Å². The molecule has 1 aromatic heterocycles. The molecule has 1 heterocycles. The van der Waals surface area contributed by atoms with Crippen molar-refractivity contribution in [2.24, 2.45) is 11.7 Å². The predicted molar refractivity (Wildman–Crippen MR) is 80.2 cm³/mol. The number of nitrogens with two attached hydrogens (primary N) is 1. The molecule has 21 heavy (non-hydrogen) atoms. The second-order valence-corrected chi connectivity index (χ2v) is 5.76. The quantitative estimate of drug-likeness (QED) is 0.813. The monoisotopic (exact) mass is 317 g/mol. The van der Waals surface area contributed by atoms with Gasteiger partial charge in [-0.05, 0) is 24.5 Å². The molecule has 1 aliphatic carbocycles. The number of hydrogen-bond acceptors (Lipinski definition) is 3. The standard InChI is InChI=1S/C14H18F3N3S/c15-14(16,17)11-6-5-10(12(18)21)13(20-11)19-8-7-9-3-1-2-4-9/h5-6,9H,1-4,7-8H2,(H2,18,21)(H,19,20). The summed E-state index contributed by atoms with van der Waals surface area (Å²) in [6, 6.07) is 2.17. The van der Waals surface area contributed by atoms with Crippen molar-refractivity contribution in [1.29, 1.82) is 0 Å². The van der Waals surface area contributed by atoms with Crippen LogP contribution in [0.1, 0.15) is 43.4 Å². The Hall–Kier alpha value is -1.37. The van der Waals surface area contributed by atoms with Gasteiger partial charge in [-0.1, -0.05) is 37.9 Å². The van der Waals surface area contributed by atoms with Gasteiger partial charge in [0.15, 0.2) is 0 Å². The lowest BCUT2D eigenvalue weighted by Crippen LogP contribution is -2.18. The van der Waals surface area contributed by atoms with Crippen LogP contribution < -0.4 is 11.1 Å². The number of anilines is 1. The summed E-state index contributed by atoms with van der Waals surface area (Å²) in [6.07, 6.45) is 1.32. The van der Waals surface area contributed by atoms with Gasteiger partial charge in [0.25, 0.3) is 0 Å². The van der Waals surface area contributed by atoms with E-state index in [1.165, 1.54) is 31.7 Å². The van der Waals surface area contributed by atoms with Crippen LogP contribution in [-0.2, 0) is 6.18 Å². The van der Waals surface area contributed by atoms with E-state index in [2.05, 4.69) is 10.3 Å². The van der Waals surface area contributed by atoms with Gasteiger partial charge in [-0.2, -0.15) is 13.2 Å². The molecule has 0 bridgehead atoms. The normalized spacial score (nSPS) is 16.1. The van der Waals surface area contributed by atoms with Gasteiger partial charge in [0.05, 0.1) is 5.56 Å². The maximum atomic E-state index is 12.7. The van der Waals surface area contributed by atoms with E-state index in [0.717, 1.165) is 12.5 Å². The van der Waals surface area contributed by atoms with Crippen LogP contribution in [0.5, 0.6) is 0 Å². The summed E-state index contributed by atoms with van der Waals surface area (Å²) in [7, 11) is 0. The van der Waals surface area contributed by atoms with Gasteiger partial charge < -0.3 is 11.1 Å². The zero-order valence-electron chi connectivity index (χ0n) is 11.5. The third-order valence-corrected chi connectivity index (χ3v) is 3.99. The first-order chi connectivity index (χ1) is 9.88. The molecule has 1 aromatic rings. The summed E-state index contributed by atoms with van der Waals surface area (Å²) >= 11 is 4.86. The minimum absolute atomic E-state index is 0.0413. The van der Waals surface area contributed by atoms with E-state index in [0.29, 0.717) is 18.0 Å². The summed E-state index contributed by atoms with van der Waals surface area (Å²) in [5, 5.41) is 2.96. The highest BCUT2D eigenvalue weighted by Crippen LogP contribution is 2.30. The van der Waals surface area contributed by atoms with E-state index in [1.54, 1.807) is 0 Å². The third kappa shape index (κ3) is 4.30. The van der Waals surface area contributed by atoms with Crippen LogP contribution in [0.15, 0.2) is 12.1 Å². The number of pyridine rings is 1. The highest BCUT2D eigenvalue weighted by atomic mass is 32.1. The molecular formula is C14H18F3N3S. The first-order valence-corrected chi connectivity index (χ1v) is 7.40. The van der Waals surface area contributed by atoms with E-state index in [1.807, 2.05) is 0 Å². The Balaban J connectivity index is 2.08. The number of alkyl halides is 3. The van der Waals surface area contributed by atoms with Crippen LogP contribution in [-0.4, -0.2) is 16.5 Å². The lowest BCUT2D eigenvalue weighted by Gasteiger charge is -2.15. The second-order valence-electron chi connectivity index (χ2n) is 5.32. The molecule has 3 nitrogen and oxygen atoms in total. The van der Waals surface area contributed by atoms with Crippen molar-refractivity contribution in [3.63, 3.8) is 0 Å². The summed E-state index contributed by atoms with van der Waals surface area (Å²) < 4.78 is 38.1. The van der Waals surface area contributed by atoms with Crippen molar-refractivity contribution in [2.75, 3.05) is 11.9 Å². The number of halogens is 3. The molecule has 1 aliphatic rings. The number of hydrogen-bond donors (Lipinski definition) is 2. The molecule has 116 valence electrons. The molecule has 2 rings (SSSR count). The predicted octanol–water partition coefficient (Wildman–Crippen LogP) is 3.73. The van der Waals surface area contributed by atoms with Crippen molar-refractivity contribution in [2.45, 2.75) is 38.3 Å². The first kappa shape index (κ1) is 16.0. The molecule has 1 saturated carbocycles. The van der Waals surface area contributed by atoms with Crippen molar-refractivity contribution >= 4 is 23.0 Å². The van der Waals surface area contributed by atoms with Gasteiger partial charge in [0, 0.05) is 6.54 Å². The van der Waals surface area contributed by atoms with E-state index in [4.69, 9.17) is 18.0 Å². The molecule has 0 unspecified atom stereocenters. The maximum Gasteiger partial charge on any atom is 0.433 e. The van der Waals surface area contributed by atoms with Crippen molar-refractivity contribution in [3.05, 3.63) is 23.4 Å². The molecule has 7 heteroatoms. The minimum atomic E-state index is -4.48. The van der Waals surface area contributed by atoms with Gasteiger partial charge in [-0.3, -0.25) is 0 Å². The molecule has 0 radical (unpaired) electrons. The highest BCUT2D eigenvalue weighted by Gasteiger charge is 2.33. The number of rotatable bonds is 5. The SMILES string of the molecule is NC(=S)c1ccc(C(F)(F)F)nc1NCCC1CCCC1. The Morgan fingerprint density at radius 2 is 2.00 bits per heavy atom. The lowest BCUT2D eigenvalue weighted by molar-refractivity contribution is -0.141.